The van der Waals surface area contributed by atoms with Gasteiger partial charge >= 0.3 is 0 Å². The van der Waals surface area contributed by atoms with E-state index in [0.29, 0.717) is 0 Å². The predicted octanol–water partition coefficient (Wildman–Crippen LogP) is 7.55. The summed E-state index contributed by atoms with van der Waals surface area (Å²) in [4.78, 5) is 17.9. The molecule has 0 aliphatic heterocycles. The van der Waals surface area contributed by atoms with Crippen molar-refractivity contribution < 1.29 is 19.6 Å². The van der Waals surface area contributed by atoms with E-state index < -0.39 is 0 Å². The zero-order valence-corrected chi connectivity index (χ0v) is 18.7. The largest absolute Gasteiger partial charge is 0.346 e. The monoisotopic (exact) mass is 390 g/mol. The van der Waals surface area contributed by atoms with Crippen molar-refractivity contribution in [3.63, 3.8) is 0 Å². The van der Waals surface area contributed by atoms with Crippen LogP contribution in [0.1, 0.15) is 52.7 Å². The van der Waals surface area contributed by atoms with Gasteiger partial charge in [-0.25, -0.2) is 0 Å². The standard InChI is InChI=1S/2C9H10O2.3C2H6/c2*1-10-11-8-7-9-5-3-2-4-6-9;3*1-2/h2*2-8H,1H3;3*1-2H3/b2*8-7-;;;. The van der Waals surface area contributed by atoms with Crippen LogP contribution in [0.4, 0.5) is 0 Å². The maximum absolute atomic E-state index is 4.56. The van der Waals surface area contributed by atoms with Crippen molar-refractivity contribution >= 4 is 12.2 Å². The molecule has 2 rings (SSSR count). The third kappa shape index (κ3) is 21.5. The minimum Gasteiger partial charge on any atom is -0.346 e. The highest BCUT2D eigenvalue weighted by Gasteiger charge is 1.81. The van der Waals surface area contributed by atoms with Gasteiger partial charge in [-0.3, -0.25) is 0 Å². The lowest BCUT2D eigenvalue weighted by molar-refractivity contribution is -0.221. The maximum atomic E-state index is 4.56. The molecule has 0 spiro atoms. The van der Waals surface area contributed by atoms with Crippen LogP contribution >= 0.6 is 0 Å². The molecule has 0 N–H and O–H groups in total. The molecule has 0 aliphatic carbocycles. The van der Waals surface area contributed by atoms with Crippen LogP contribution < -0.4 is 0 Å². The molecular weight excluding hydrogens is 352 g/mol. The fourth-order valence-corrected chi connectivity index (χ4v) is 1.45. The Morgan fingerprint density at radius 3 is 1.04 bits per heavy atom. The van der Waals surface area contributed by atoms with Crippen molar-refractivity contribution in [2.24, 2.45) is 0 Å². The minimum absolute atomic E-state index is 1.09. The summed E-state index contributed by atoms with van der Waals surface area (Å²) in [6.07, 6.45) is 6.64. The van der Waals surface area contributed by atoms with Gasteiger partial charge in [0, 0.05) is 0 Å². The average Bonchev–Trinajstić information content (AvgIpc) is 2.80. The zero-order valence-electron chi connectivity index (χ0n) is 18.7. The van der Waals surface area contributed by atoms with Gasteiger partial charge in [-0.1, -0.05) is 102 Å². The highest BCUT2D eigenvalue weighted by Crippen LogP contribution is 2.01. The van der Waals surface area contributed by atoms with E-state index in [9.17, 15) is 0 Å². The first-order valence-corrected chi connectivity index (χ1v) is 9.69. The van der Waals surface area contributed by atoms with Crippen LogP contribution in [0.15, 0.2) is 73.2 Å². The molecule has 0 atom stereocenters. The van der Waals surface area contributed by atoms with Crippen LogP contribution in [0.25, 0.3) is 12.2 Å². The smallest absolute Gasteiger partial charge is 0.130 e. The lowest BCUT2D eigenvalue weighted by Gasteiger charge is -1.91. The Bertz CT molecular complexity index is 486. The quantitative estimate of drug-likeness (QED) is 0.290. The SMILES string of the molecule is CC.CC.CC.COO/C=C\c1ccccc1.COO/C=C\c1ccccc1. The molecule has 4 nitrogen and oxygen atoms in total. The van der Waals surface area contributed by atoms with Gasteiger partial charge in [0.05, 0.1) is 14.2 Å². The summed E-state index contributed by atoms with van der Waals surface area (Å²) in [5, 5.41) is 0. The first-order valence-electron chi connectivity index (χ1n) is 9.69. The molecule has 2 aromatic carbocycles. The molecule has 0 aliphatic rings. The van der Waals surface area contributed by atoms with Crippen LogP contribution in [-0.2, 0) is 19.6 Å². The topological polar surface area (TPSA) is 36.9 Å². The average molecular weight is 391 g/mol. The van der Waals surface area contributed by atoms with Gasteiger partial charge in [0.1, 0.15) is 12.5 Å². The lowest BCUT2D eigenvalue weighted by atomic mass is 10.2. The van der Waals surface area contributed by atoms with E-state index in [-0.39, 0.29) is 0 Å². The van der Waals surface area contributed by atoms with Crippen molar-refractivity contribution in [3.05, 3.63) is 84.3 Å². The molecule has 28 heavy (non-hydrogen) atoms. The maximum Gasteiger partial charge on any atom is 0.130 e. The highest BCUT2D eigenvalue weighted by atomic mass is 17.2. The molecule has 158 valence electrons. The molecule has 0 aromatic heterocycles. The second-order valence-electron chi connectivity index (χ2n) is 3.95. The van der Waals surface area contributed by atoms with Crippen LogP contribution in [0.5, 0.6) is 0 Å². The van der Waals surface area contributed by atoms with E-state index in [1.807, 2.05) is 114 Å². The number of rotatable bonds is 6. The Morgan fingerprint density at radius 1 is 0.500 bits per heavy atom. The summed E-state index contributed by atoms with van der Waals surface area (Å²) in [5.74, 6) is 0. The summed E-state index contributed by atoms with van der Waals surface area (Å²) >= 11 is 0. The third-order valence-electron chi connectivity index (χ3n) is 2.42. The van der Waals surface area contributed by atoms with Gasteiger partial charge in [-0.15, -0.1) is 0 Å². The number of benzene rings is 2. The van der Waals surface area contributed by atoms with Crippen LogP contribution in [0, 0.1) is 0 Å². The fraction of sp³-hybridized carbons (Fsp3) is 0.333. The van der Waals surface area contributed by atoms with Gasteiger partial charge < -0.3 is 9.78 Å². The zero-order chi connectivity index (χ0) is 21.9. The number of hydrogen-bond donors (Lipinski definition) is 0. The second kappa shape index (κ2) is 29.2. The van der Waals surface area contributed by atoms with Crippen LogP contribution in [-0.4, -0.2) is 14.2 Å². The fourth-order valence-electron chi connectivity index (χ4n) is 1.45. The van der Waals surface area contributed by atoms with Crippen molar-refractivity contribution in [2.75, 3.05) is 14.2 Å². The van der Waals surface area contributed by atoms with Gasteiger partial charge in [-0.05, 0) is 23.3 Å². The molecule has 0 saturated carbocycles. The summed E-state index contributed by atoms with van der Waals surface area (Å²) in [5.41, 5.74) is 2.18. The molecular formula is C24H38O4. The van der Waals surface area contributed by atoms with E-state index in [1.54, 1.807) is 0 Å². The van der Waals surface area contributed by atoms with Crippen molar-refractivity contribution in [2.45, 2.75) is 41.5 Å². The number of hydrogen-bond acceptors (Lipinski definition) is 4. The van der Waals surface area contributed by atoms with E-state index >= 15 is 0 Å². The Labute approximate surface area is 172 Å². The van der Waals surface area contributed by atoms with E-state index in [1.165, 1.54) is 26.7 Å². The Hall–Kier alpha value is -2.56. The molecule has 0 amide bonds. The predicted molar refractivity (Wildman–Crippen MR) is 121 cm³/mol. The minimum atomic E-state index is 1.09. The Kier molecular flexibility index (Phi) is 31.5. The van der Waals surface area contributed by atoms with Gasteiger partial charge in [0.15, 0.2) is 0 Å². The highest BCUT2D eigenvalue weighted by molar-refractivity contribution is 5.47. The van der Waals surface area contributed by atoms with Crippen molar-refractivity contribution in [1.29, 1.82) is 0 Å². The summed E-state index contributed by atoms with van der Waals surface area (Å²) in [6.45, 7) is 12.0. The first kappa shape index (κ1) is 30.2. The van der Waals surface area contributed by atoms with Crippen LogP contribution in [0.3, 0.4) is 0 Å². The molecule has 0 bridgehead atoms. The summed E-state index contributed by atoms with van der Waals surface area (Å²) < 4.78 is 0. The van der Waals surface area contributed by atoms with Crippen LogP contribution in [0.2, 0.25) is 0 Å². The molecule has 0 unspecified atom stereocenters. The van der Waals surface area contributed by atoms with E-state index in [2.05, 4.69) is 19.6 Å². The molecule has 2 aromatic rings. The molecule has 0 heterocycles. The van der Waals surface area contributed by atoms with Crippen molar-refractivity contribution in [1.82, 2.24) is 0 Å². The Morgan fingerprint density at radius 2 is 0.786 bits per heavy atom. The Balaban J connectivity index is -0.000000352. The van der Waals surface area contributed by atoms with Gasteiger partial charge in [0.2, 0.25) is 0 Å². The molecule has 0 radical (unpaired) electrons. The lowest BCUT2D eigenvalue weighted by Crippen LogP contribution is -1.75. The second-order valence-corrected chi connectivity index (χ2v) is 3.95. The molecule has 0 saturated heterocycles. The van der Waals surface area contributed by atoms with Gasteiger partial charge in [0.25, 0.3) is 0 Å². The molecule has 4 heteroatoms. The normalized spacial score (nSPS) is 8.71. The third-order valence-corrected chi connectivity index (χ3v) is 2.42. The first-order chi connectivity index (χ1) is 13.9. The van der Waals surface area contributed by atoms with Crippen molar-refractivity contribution in [3.8, 4) is 0 Å². The summed E-state index contributed by atoms with van der Waals surface area (Å²) in [7, 11) is 2.94. The van der Waals surface area contributed by atoms with Gasteiger partial charge in [-0.2, -0.15) is 9.78 Å². The van der Waals surface area contributed by atoms with E-state index in [0.717, 1.165) is 11.1 Å². The molecule has 0 fully saturated rings. The van der Waals surface area contributed by atoms with E-state index in [4.69, 9.17) is 0 Å². The summed E-state index contributed by atoms with van der Waals surface area (Å²) in [6, 6.07) is 19.7.